The van der Waals surface area contributed by atoms with Crippen LogP contribution in [0, 0.1) is 18.2 Å². The van der Waals surface area contributed by atoms with Crippen LogP contribution in [0.25, 0.3) is 0 Å². The molecule has 0 aliphatic carbocycles. The molecule has 0 saturated carbocycles. The number of benzene rings is 1. The number of terminal acetylenes is 1. The molecule has 4 nitrogen and oxygen atoms in total. The Balaban J connectivity index is 3.08. The van der Waals surface area contributed by atoms with Gasteiger partial charge in [0.1, 0.15) is 5.82 Å². The van der Waals surface area contributed by atoms with Crippen molar-refractivity contribution in [2.45, 2.75) is 11.3 Å². The highest BCUT2D eigenvalue weighted by molar-refractivity contribution is 9.10. The summed E-state index contributed by atoms with van der Waals surface area (Å²) in [5.74, 6) is 1.62. The Labute approximate surface area is 108 Å². The number of sulfonamides is 1. The number of nitrogens with two attached hydrogens (primary N) is 1. The zero-order valence-electron chi connectivity index (χ0n) is 8.70. The summed E-state index contributed by atoms with van der Waals surface area (Å²) >= 11 is 2.97. The van der Waals surface area contributed by atoms with Crippen LogP contribution in [0.15, 0.2) is 21.5 Å². The summed E-state index contributed by atoms with van der Waals surface area (Å²) in [5.41, 5.74) is 5.09. The van der Waals surface area contributed by atoms with Crippen LogP contribution in [-0.4, -0.2) is 15.0 Å². The summed E-state index contributed by atoms with van der Waals surface area (Å²) in [4.78, 5) is -0.117. The van der Waals surface area contributed by atoms with Gasteiger partial charge >= 0.3 is 0 Å². The standard InChI is InChI=1S/C10H10BrFN2O2S/c1-2-3-4-14-17(15,16)10-6-9(13)8(12)5-7(10)11/h1,5-6,14H,3-4,13H2. The molecular formula is C10H10BrFN2O2S. The minimum absolute atomic E-state index is 0.109. The van der Waals surface area contributed by atoms with Crippen molar-refractivity contribution in [2.75, 3.05) is 12.3 Å². The first-order valence-corrected chi connectivity index (χ1v) is 6.83. The van der Waals surface area contributed by atoms with Crippen LogP contribution in [0.3, 0.4) is 0 Å². The molecule has 1 rings (SSSR count). The number of nitrogens with one attached hydrogen (secondary N) is 1. The lowest BCUT2D eigenvalue weighted by Gasteiger charge is -2.08. The van der Waals surface area contributed by atoms with E-state index in [1.165, 1.54) is 0 Å². The molecule has 0 spiro atoms. The van der Waals surface area contributed by atoms with Gasteiger partial charge in [0, 0.05) is 17.4 Å². The Hall–Kier alpha value is -1.10. The van der Waals surface area contributed by atoms with E-state index in [9.17, 15) is 12.8 Å². The number of rotatable bonds is 4. The van der Waals surface area contributed by atoms with E-state index in [2.05, 4.69) is 26.6 Å². The van der Waals surface area contributed by atoms with Gasteiger partial charge in [-0.15, -0.1) is 12.3 Å². The third-order valence-electron chi connectivity index (χ3n) is 1.90. The van der Waals surface area contributed by atoms with Gasteiger partial charge in [0.05, 0.1) is 10.6 Å². The second-order valence-electron chi connectivity index (χ2n) is 3.16. The summed E-state index contributed by atoms with van der Waals surface area (Å²) < 4.78 is 39.1. The van der Waals surface area contributed by atoms with Crippen molar-refractivity contribution in [3.8, 4) is 12.3 Å². The second-order valence-corrected chi connectivity index (χ2v) is 5.75. The Morgan fingerprint density at radius 3 is 2.76 bits per heavy atom. The molecular weight excluding hydrogens is 311 g/mol. The molecule has 0 saturated heterocycles. The molecule has 0 heterocycles. The van der Waals surface area contributed by atoms with Gasteiger partial charge in [-0.3, -0.25) is 0 Å². The van der Waals surface area contributed by atoms with Crippen molar-refractivity contribution < 1.29 is 12.8 Å². The summed E-state index contributed by atoms with van der Waals surface area (Å²) in [6.07, 6.45) is 5.28. The highest BCUT2D eigenvalue weighted by atomic mass is 79.9. The highest BCUT2D eigenvalue weighted by Crippen LogP contribution is 2.26. The van der Waals surface area contributed by atoms with Gasteiger partial charge in [0.2, 0.25) is 10.0 Å². The van der Waals surface area contributed by atoms with Crippen LogP contribution in [0.5, 0.6) is 0 Å². The quantitative estimate of drug-likeness (QED) is 0.501. The van der Waals surface area contributed by atoms with Gasteiger partial charge in [-0.1, -0.05) is 0 Å². The monoisotopic (exact) mass is 320 g/mol. The van der Waals surface area contributed by atoms with E-state index >= 15 is 0 Å². The van der Waals surface area contributed by atoms with Crippen molar-refractivity contribution in [1.82, 2.24) is 4.72 Å². The fraction of sp³-hybridized carbons (Fsp3) is 0.200. The fourth-order valence-electron chi connectivity index (χ4n) is 1.09. The number of hydrogen-bond acceptors (Lipinski definition) is 3. The molecule has 0 fully saturated rings. The third kappa shape index (κ3) is 3.43. The van der Waals surface area contributed by atoms with Gasteiger partial charge in [0.25, 0.3) is 0 Å². The normalized spacial score (nSPS) is 11.1. The molecule has 0 unspecified atom stereocenters. The SMILES string of the molecule is C#CCCNS(=O)(=O)c1cc(N)c(F)cc1Br. The maximum absolute atomic E-state index is 13.1. The molecule has 0 bridgehead atoms. The van der Waals surface area contributed by atoms with E-state index in [0.717, 1.165) is 12.1 Å². The van der Waals surface area contributed by atoms with E-state index in [-0.39, 0.29) is 28.0 Å². The predicted octanol–water partition coefficient (Wildman–Crippen LogP) is 1.47. The molecule has 0 atom stereocenters. The van der Waals surface area contributed by atoms with Gasteiger partial charge < -0.3 is 5.73 Å². The average Bonchev–Trinajstić information content (AvgIpc) is 2.23. The molecule has 7 heteroatoms. The first-order valence-electron chi connectivity index (χ1n) is 4.56. The van der Waals surface area contributed by atoms with E-state index in [1.54, 1.807) is 0 Å². The highest BCUT2D eigenvalue weighted by Gasteiger charge is 2.19. The topological polar surface area (TPSA) is 72.2 Å². The van der Waals surface area contributed by atoms with E-state index in [4.69, 9.17) is 12.2 Å². The smallest absolute Gasteiger partial charge is 0.241 e. The average molecular weight is 321 g/mol. The van der Waals surface area contributed by atoms with E-state index in [1.807, 2.05) is 0 Å². The molecule has 0 amide bonds. The second kappa shape index (κ2) is 5.49. The molecule has 0 radical (unpaired) electrons. The minimum Gasteiger partial charge on any atom is -0.396 e. The van der Waals surface area contributed by atoms with Gasteiger partial charge in [-0.25, -0.2) is 17.5 Å². The molecule has 1 aromatic carbocycles. The lowest BCUT2D eigenvalue weighted by Crippen LogP contribution is -2.25. The Kier molecular flexibility index (Phi) is 4.51. The van der Waals surface area contributed by atoms with Crippen LogP contribution >= 0.6 is 15.9 Å². The summed E-state index contributed by atoms with van der Waals surface area (Å²) in [7, 11) is -3.74. The molecule has 1 aromatic rings. The lowest BCUT2D eigenvalue weighted by molar-refractivity contribution is 0.581. The van der Waals surface area contributed by atoms with Crippen LogP contribution in [0.4, 0.5) is 10.1 Å². The minimum atomic E-state index is -3.74. The molecule has 0 aromatic heterocycles. The van der Waals surface area contributed by atoms with Crippen molar-refractivity contribution in [2.24, 2.45) is 0 Å². The summed E-state index contributed by atoms with van der Waals surface area (Å²) in [5, 5.41) is 0. The number of anilines is 1. The molecule has 0 aliphatic rings. The van der Waals surface area contributed by atoms with Crippen LogP contribution in [0.1, 0.15) is 6.42 Å². The van der Waals surface area contributed by atoms with E-state index < -0.39 is 15.8 Å². The number of hydrogen-bond donors (Lipinski definition) is 2. The van der Waals surface area contributed by atoms with E-state index in [0.29, 0.717) is 0 Å². The van der Waals surface area contributed by atoms with Crippen molar-refractivity contribution in [3.05, 3.63) is 22.4 Å². The Morgan fingerprint density at radius 1 is 1.53 bits per heavy atom. The zero-order chi connectivity index (χ0) is 13.1. The maximum atomic E-state index is 13.1. The van der Waals surface area contributed by atoms with Gasteiger partial charge in [0.15, 0.2) is 0 Å². The Bertz CT molecular complexity index is 566. The number of nitrogen functional groups attached to an aromatic ring is 1. The summed E-state index contributed by atoms with van der Waals surface area (Å²) in [6, 6.07) is 2.06. The van der Waals surface area contributed by atoms with Crippen LogP contribution in [-0.2, 0) is 10.0 Å². The van der Waals surface area contributed by atoms with Crippen LogP contribution in [0.2, 0.25) is 0 Å². The predicted molar refractivity (Wildman–Crippen MR) is 67.2 cm³/mol. The molecule has 0 aliphatic heterocycles. The van der Waals surface area contributed by atoms with Crippen LogP contribution < -0.4 is 10.5 Å². The van der Waals surface area contributed by atoms with Crippen molar-refractivity contribution in [1.29, 1.82) is 0 Å². The van der Waals surface area contributed by atoms with Crippen molar-refractivity contribution >= 4 is 31.6 Å². The fourth-order valence-corrected chi connectivity index (χ4v) is 3.16. The first-order chi connectivity index (χ1) is 7.88. The largest absolute Gasteiger partial charge is 0.396 e. The summed E-state index contributed by atoms with van der Waals surface area (Å²) in [6.45, 7) is 0.114. The zero-order valence-corrected chi connectivity index (χ0v) is 11.1. The third-order valence-corrected chi connectivity index (χ3v) is 4.32. The first kappa shape index (κ1) is 14.0. The lowest BCUT2D eigenvalue weighted by atomic mass is 10.3. The number of halogens is 2. The molecule has 17 heavy (non-hydrogen) atoms. The maximum Gasteiger partial charge on any atom is 0.241 e. The van der Waals surface area contributed by atoms with Gasteiger partial charge in [-0.05, 0) is 28.1 Å². The van der Waals surface area contributed by atoms with Crippen molar-refractivity contribution in [3.63, 3.8) is 0 Å². The van der Waals surface area contributed by atoms with Gasteiger partial charge in [-0.2, -0.15) is 0 Å². The molecule has 92 valence electrons. The Morgan fingerprint density at radius 2 is 2.18 bits per heavy atom. The molecule has 3 N–H and O–H groups in total.